The molecular formula is C16H26N2O. The first-order valence-corrected chi connectivity index (χ1v) is 7.46. The van der Waals surface area contributed by atoms with Crippen LogP contribution in [0.3, 0.4) is 0 Å². The number of hydrogen-bond donors (Lipinski definition) is 1. The number of pyridine rings is 1. The van der Waals surface area contributed by atoms with Crippen molar-refractivity contribution in [2.45, 2.75) is 64.6 Å². The van der Waals surface area contributed by atoms with E-state index in [1.165, 1.54) is 5.56 Å². The van der Waals surface area contributed by atoms with Crippen molar-refractivity contribution < 1.29 is 4.74 Å². The molecule has 1 aromatic heterocycles. The van der Waals surface area contributed by atoms with Crippen LogP contribution in [0.1, 0.15) is 50.8 Å². The minimum Gasteiger partial charge on any atom is -0.375 e. The van der Waals surface area contributed by atoms with E-state index in [1.54, 1.807) is 0 Å². The number of aryl methyl sites for hydroxylation is 1. The van der Waals surface area contributed by atoms with Crippen LogP contribution in [-0.2, 0) is 11.3 Å². The summed E-state index contributed by atoms with van der Waals surface area (Å²) in [6, 6.07) is 4.78. The Balaban J connectivity index is 1.87. The lowest BCUT2D eigenvalue weighted by atomic mass is 9.86. The van der Waals surface area contributed by atoms with Crippen molar-refractivity contribution in [1.82, 2.24) is 10.3 Å². The number of nitrogens with zero attached hydrogens (tertiary/aromatic N) is 1. The van der Waals surface area contributed by atoms with Gasteiger partial charge in [-0.2, -0.15) is 0 Å². The van der Waals surface area contributed by atoms with Crippen LogP contribution in [0.4, 0.5) is 0 Å². The van der Waals surface area contributed by atoms with E-state index in [-0.39, 0.29) is 5.60 Å². The number of ether oxygens (including phenoxy) is 1. The molecule has 0 amide bonds. The second kappa shape index (κ2) is 6.49. The van der Waals surface area contributed by atoms with Crippen molar-refractivity contribution in [1.29, 1.82) is 0 Å². The fourth-order valence-electron chi connectivity index (χ4n) is 2.80. The smallest absolute Gasteiger partial charge is 0.0692 e. The summed E-state index contributed by atoms with van der Waals surface area (Å²) < 4.78 is 6.01. The maximum absolute atomic E-state index is 6.01. The van der Waals surface area contributed by atoms with Gasteiger partial charge < -0.3 is 10.1 Å². The predicted octanol–water partition coefficient (Wildman–Crippen LogP) is 3.22. The van der Waals surface area contributed by atoms with Crippen molar-refractivity contribution in [3.63, 3.8) is 0 Å². The van der Waals surface area contributed by atoms with E-state index >= 15 is 0 Å². The summed E-state index contributed by atoms with van der Waals surface area (Å²) >= 11 is 0. The molecule has 3 heteroatoms. The van der Waals surface area contributed by atoms with Crippen molar-refractivity contribution in [2.24, 2.45) is 0 Å². The maximum Gasteiger partial charge on any atom is 0.0692 e. The Morgan fingerprint density at radius 1 is 1.37 bits per heavy atom. The zero-order valence-electron chi connectivity index (χ0n) is 12.4. The van der Waals surface area contributed by atoms with E-state index in [0.29, 0.717) is 6.04 Å². The van der Waals surface area contributed by atoms with Crippen LogP contribution in [0.5, 0.6) is 0 Å². The maximum atomic E-state index is 6.01. The number of hydrogen-bond acceptors (Lipinski definition) is 3. The number of rotatable bonds is 5. The van der Waals surface area contributed by atoms with Gasteiger partial charge in [-0.1, -0.05) is 19.9 Å². The Morgan fingerprint density at radius 2 is 2.16 bits per heavy atom. The van der Waals surface area contributed by atoms with E-state index in [4.69, 9.17) is 4.74 Å². The van der Waals surface area contributed by atoms with Gasteiger partial charge in [0.2, 0.25) is 0 Å². The Morgan fingerprint density at radius 3 is 2.79 bits per heavy atom. The molecule has 1 fully saturated rings. The summed E-state index contributed by atoms with van der Waals surface area (Å²) in [5.74, 6) is 0. The molecule has 3 nitrogen and oxygen atoms in total. The van der Waals surface area contributed by atoms with Gasteiger partial charge in [-0.05, 0) is 44.2 Å². The molecule has 2 rings (SSSR count). The molecule has 1 aromatic rings. The summed E-state index contributed by atoms with van der Waals surface area (Å²) in [7, 11) is 0. The quantitative estimate of drug-likeness (QED) is 0.884. The van der Waals surface area contributed by atoms with Crippen molar-refractivity contribution in [3.05, 3.63) is 29.6 Å². The third-order valence-corrected chi connectivity index (χ3v) is 4.33. The Kier molecular flexibility index (Phi) is 4.94. The van der Waals surface area contributed by atoms with E-state index in [2.05, 4.69) is 43.2 Å². The standard InChI is InChI=1S/C16H26N2O/c1-4-16(5-2)10-14(8-9-19-16)18-12-15-7-6-13(3)11-17-15/h6-7,11,14,18H,4-5,8-10,12H2,1-3H3. The fraction of sp³-hybridized carbons (Fsp3) is 0.688. The Bertz CT molecular complexity index is 384. The first-order valence-electron chi connectivity index (χ1n) is 7.46. The average molecular weight is 262 g/mol. The highest BCUT2D eigenvalue weighted by Crippen LogP contribution is 2.31. The molecule has 1 aliphatic rings. The molecule has 0 aromatic carbocycles. The molecule has 2 heterocycles. The summed E-state index contributed by atoms with van der Waals surface area (Å²) in [6.45, 7) is 8.26. The molecule has 1 atom stereocenters. The summed E-state index contributed by atoms with van der Waals surface area (Å²) in [6.07, 6.45) is 6.36. The third-order valence-electron chi connectivity index (χ3n) is 4.33. The van der Waals surface area contributed by atoms with Gasteiger partial charge in [-0.3, -0.25) is 4.98 Å². The predicted molar refractivity (Wildman–Crippen MR) is 78.1 cm³/mol. The SMILES string of the molecule is CCC1(CC)CC(NCc2ccc(C)cn2)CCO1. The largest absolute Gasteiger partial charge is 0.375 e. The molecule has 0 radical (unpaired) electrons. The molecule has 0 bridgehead atoms. The summed E-state index contributed by atoms with van der Waals surface area (Å²) in [5.41, 5.74) is 2.43. The lowest BCUT2D eigenvalue weighted by Gasteiger charge is -2.40. The van der Waals surface area contributed by atoms with Gasteiger partial charge in [-0.25, -0.2) is 0 Å². The highest BCUT2D eigenvalue weighted by Gasteiger charge is 2.34. The number of nitrogens with one attached hydrogen (secondary N) is 1. The highest BCUT2D eigenvalue weighted by molar-refractivity contribution is 5.12. The summed E-state index contributed by atoms with van der Waals surface area (Å²) in [4.78, 5) is 4.45. The van der Waals surface area contributed by atoms with Crippen molar-refractivity contribution >= 4 is 0 Å². The van der Waals surface area contributed by atoms with Gasteiger partial charge in [0.25, 0.3) is 0 Å². The van der Waals surface area contributed by atoms with Crippen LogP contribution in [0.15, 0.2) is 18.3 Å². The van der Waals surface area contributed by atoms with E-state index in [0.717, 1.165) is 44.5 Å². The second-order valence-electron chi connectivity index (χ2n) is 5.64. The van der Waals surface area contributed by atoms with Gasteiger partial charge in [0.05, 0.1) is 11.3 Å². The Labute approximate surface area is 116 Å². The normalized spacial score (nSPS) is 22.4. The van der Waals surface area contributed by atoms with Gasteiger partial charge in [0.1, 0.15) is 0 Å². The molecule has 19 heavy (non-hydrogen) atoms. The van der Waals surface area contributed by atoms with Crippen LogP contribution in [0.2, 0.25) is 0 Å². The first-order chi connectivity index (χ1) is 9.17. The molecule has 0 spiro atoms. The van der Waals surface area contributed by atoms with Gasteiger partial charge in [-0.15, -0.1) is 0 Å². The van der Waals surface area contributed by atoms with Crippen LogP contribution in [0, 0.1) is 6.92 Å². The fourth-order valence-corrected chi connectivity index (χ4v) is 2.80. The summed E-state index contributed by atoms with van der Waals surface area (Å²) in [5, 5.41) is 3.64. The molecule has 1 aliphatic heterocycles. The van der Waals surface area contributed by atoms with Crippen molar-refractivity contribution in [2.75, 3.05) is 6.61 Å². The van der Waals surface area contributed by atoms with E-state index in [1.807, 2.05) is 6.20 Å². The molecule has 1 unspecified atom stereocenters. The minimum atomic E-state index is 0.0939. The monoisotopic (exact) mass is 262 g/mol. The highest BCUT2D eigenvalue weighted by atomic mass is 16.5. The topological polar surface area (TPSA) is 34.2 Å². The number of aromatic nitrogens is 1. The first kappa shape index (κ1) is 14.5. The average Bonchev–Trinajstić information content (AvgIpc) is 2.47. The van der Waals surface area contributed by atoms with Gasteiger partial charge >= 0.3 is 0 Å². The minimum absolute atomic E-state index is 0.0939. The molecule has 1 N–H and O–H groups in total. The van der Waals surface area contributed by atoms with Crippen LogP contribution < -0.4 is 5.32 Å². The van der Waals surface area contributed by atoms with Crippen LogP contribution in [-0.4, -0.2) is 23.2 Å². The van der Waals surface area contributed by atoms with Gasteiger partial charge in [0, 0.05) is 25.4 Å². The van der Waals surface area contributed by atoms with Crippen LogP contribution >= 0.6 is 0 Å². The van der Waals surface area contributed by atoms with Crippen molar-refractivity contribution in [3.8, 4) is 0 Å². The second-order valence-corrected chi connectivity index (χ2v) is 5.64. The molecule has 0 aliphatic carbocycles. The third kappa shape index (κ3) is 3.77. The molecule has 1 saturated heterocycles. The van der Waals surface area contributed by atoms with Gasteiger partial charge in [0.15, 0.2) is 0 Å². The lowest BCUT2D eigenvalue weighted by Crippen LogP contribution is -2.46. The zero-order valence-corrected chi connectivity index (χ0v) is 12.4. The molecular weight excluding hydrogens is 236 g/mol. The Hall–Kier alpha value is -0.930. The van der Waals surface area contributed by atoms with E-state index in [9.17, 15) is 0 Å². The zero-order chi connectivity index (χ0) is 13.7. The molecule has 0 saturated carbocycles. The lowest BCUT2D eigenvalue weighted by molar-refractivity contribution is -0.0932. The molecule has 106 valence electrons. The van der Waals surface area contributed by atoms with E-state index < -0.39 is 0 Å². The van der Waals surface area contributed by atoms with Crippen LogP contribution in [0.25, 0.3) is 0 Å².